The van der Waals surface area contributed by atoms with Gasteiger partial charge in [0.15, 0.2) is 11.6 Å². The van der Waals surface area contributed by atoms with E-state index in [4.69, 9.17) is 10.00 Å². The van der Waals surface area contributed by atoms with Crippen molar-refractivity contribution in [3.63, 3.8) is 0 Å². The second-order valence-electron chi connectivity index (χ2n) is 7.17. The molecule has 0 saturated carbocycles. The predicted molar refractivity (Wildman–Crippen MR) is 121 cm³/mol. The van der Waals surface area contributed by atoms with Crippen LogP contribution in [0.25, 0.3) is 26.3 Å². The molecule has 0 aliphatic heterocycles. The Morgan fingerprint density at radius 2 is 1.97 bits per heavy atom. The van der Waals surface area contributed by atoms with Gasteiger partial charge in [-0.3, -0.25) is 14.3 Å². The third-order valence-corrected chi connectivity index (χ3v) is 6.21. The SMILES string of the molecule is COc1cc(-c2cc3c(s2)c(=O)n(-c2cncc(C)c2)c(=O)n3CCC#N)c(C#N)cc1F. The predicted octanol–water partition coefficient (Wildman–Crippen LogP) is 3.52. The Hall–Kier alpha value is -4.28. The number of halogens is 1. The molecule has 0 fully saturated rings. The minimum Gasteiger partial charge on any atom is -0.494 e. The molecule has 0 N–H and O–H groups in total. The van der Waals surface area contributed by atoms with E-state index >= 15 is 0 Å². The number of hydrogen-bond donors (Lipinski definition) is 0. The molecule has 0 unspecified atom stereocenters. The molecule has 1 aromatic carbocycles. The molecule has 33 heavy (non-hydrogen) atoms. The average molecular weight is 461 g/mol. The first-order chi connectivity index (χ1) is 15.9. The van der Waals surface area contributed by atoms with Crippen LogP contribution >= 0.6 is 11.3 Å². The second-order valence-corrected chi connectivity index (χ2v) is 8.22. The van der Waals surface area contributed by atoms with Gasteiger partial charge in [-0.25, -0.2) is 13.8 Å². The van der Waals surface area contributed by atoms with Crippen LogP contribution in [0.5, 0.6) is 5.75 Å². The third-order valence-electron chi connectivity index (χ3n) is 5.07. The van der Waals surface area contributed by atoms with Crippen LogP contribution in [0.3, 0.4) is 0 Å². The molecule has 3 aromatic heterocycles. The van der Waals surface area contributed by atoms with Gasteiger partial charge in [0, 0.05) is 23.2 Å². The second kappa shape index (κ2) is 8.69. The smallest absolute Gasteiger partial charge is 0.336 e. The van der Waals surface area contributed by atoms with Crippen molar-refractivity contribution in [3.8, 4) is 34.0 Å². The van der Waals surface area contributed by atoms with E-state index in [2.05, 4.69) is 4.98 Å². The Kier molecular flexibility index (Phi) is 5.78. The Labute approximate surface area is 191 Å². The molecule has 3 heterocycles. The van der Waals surface area contributed by atoms with E-state index in [-0.39, 0.29) is 29.0 Å². The number of hydrogen-bond acceptors (Lipinski definition) is 7. The molecule has 10 heteroatoms. The van der Waals surface area contributed by atoms with Gasteiger partial charge in [-0.05, 0) is 36.8 Å². The van der Waals surface area contributed by atoms with Crippen molar-refractivity contribution in [1.29, 1.82) is 10.5 Å². The van der Waals surface area contributed by atoms with Crippen molar-refractivity contribution < 1.29 is 9.13 Å². The van der Waals surface area contributed by atoms with Gasteiger partial charge in [-0.1, -0.05) is 0 Å². The van der Waals surface area contributed by atoms with Crippen LogP contribution in [0, 0.1) is 35.4 Å². The van der Waals surface area contributed by atoms with Gasteiger partial charge >= 0.3 is 5.69 Å². The van der Waals surface area contributed by atoms with Crippen LogP contribution < -0.4 is 16.0 Å². The standard InChI is InChI=1S/C23H16FN5O3S/c1-13-6-15(12-27-11-13)29-22(30)21-18(28(23(29)31)5-3-4-25)9-20(33-21)16-8-19(32-2)17(24)7-14(16)10-26/h6-9,11-12H,3,5H2,1-2H3. The molecular formula is C23H16FN5O3S. The third kappa shape index (κ3) is 3.77. The highest BCUT2D eigenvalue weighted by atomic mass is 32.1. The lowest BCUT2D eigenvalue weighted by molar-refractivity contribution is 0.386. The van der Waals surface area contributed by atoms with Gasteiger partial charge in [-0.2, -0.15) is 10.5 Å². The largest absolute Gasteiger partial charge is 0.494 e. The lowest BCUT2D eigenvalue weighted by Crippen LogP contribution is -2.38. The Morgan fingerprint density at radius 3 is 2.64 bits per heavy atom. The molecule has 0 aliphatic carbocycles. The van der Waals surface area contributed by atoms with Crippen LogP contribution in [0.4, 0.5) is 4.39 Å². The molecule has 0 radical (unpaired) electrons. The van der Waals surface area contributed by atoms with Gasteiger partial charge in [-0.15, -0.1) is 11.3 Å². The first-order valence-electron chi connectivity index (χ1n) is 9.76. The molecule has 4 aromatic rings. The number of rotatable bonds is 5. The number of ether oxygens (including phenoxy) is 1. The van der Waals surface area contributed by atoms with E-state index in [9.17, 15) is 19.2 Å². The summed E-state index contributed by atoms with van der Waals surface area (Å²) in [5.41, 5.74) is 0.717. The van der Waals surface area contributed by atoms with Gasteiger partial charge in [0.2, 0.25) is 0 Å². The molecule has 0 bridgehead atoms. The van der Waals surface area contributed by atoms with Crippen molar-refractivity contribution in [2.75, 3.05) is 7.11 Å². The summed E-state index contributed by atoms with van der Waals surface area (Å²) in [5, 5.41) is 18.6. The van der Waals surface area contributed by atoms with Crippen molar-refractivity contribution in [1.82, 2.24) is 14.1 Å². The minimum atomic E-state index is -0.681. The number of fused-ring (bicyclic) bond motifs is 1. The van der Waals surface area contributed by atoms with E-state index in [1.807, 2.05) is 12.1 Å². The van der Waals surface area contributed by atoms with Crippen LogP contribution in [0.1, 0.15) is 17.5 Å². The highest BCUT2D eigenvalue weighted by Crippen LogP contribution is 2.36. The molecule has 8 nitrogen and oxygen atoms in total. The molecule has 0 atom stereocenters. The summed E-state index contributed by atoms with van der Waals surface area (Å²) >= 11 is 1.08. The van der Waals surface area contributed by atoms with Crippen LogP contribution in [-0.4, -0.2) is 21.2 Å². The van der Waals surface area contributed by atoms with E-state index in [1.165, 1.54) is 23.9 Å². The minimum absolute atomic E-state index is 0.0495. The zero-order chi connectivity index (χ0) is 23.7. The van der Waals surface area contributed by atoms with E-state index in [0.717, 1.165) is 27.5 Å². The highest BCUT2D eigenvalue weighted by Gasteiger charge is 2.20. The van der Waals surface area contributed by atoms with Gasteiger partial charge in [0.25, 0.3) is 5.56 Å². The van der Waals surface area contributed by atoms with Crippen molar-refractivity contribution in [2.24, 2.45) is 0 Å². The normalized spacial score (nSPS) is 10.7. The number of aryl methyl sites for hydroxylation is 2. The molecule has 4 rings (SSSR count). The highest BCUT2D eigenvalue weighted by molar-refractivity contribution is 7.22. The summed E-state index contributed by atoms with van der Waals surface area (Å²) in [6.07, 6.45) is 3.08. The lowest BCUT2D eigenvalue weighted by atomic mass is 10.1. The maximum absolute atomic E-state index is 14.1. The summed E-state index contributed by atoms with van der Waals surface area (Å²) in [7, 11) is 1.31. The summed E-state index contributed by atoms with van der Waals surface area (Å²) in [4.78, 5) is 31.3. The number of nitriles is 2. The summed E-state index contributed by atoms with van der Waals surface area (Å²) in [6.45, 7) is 1.86. The molecule has 0 spiro atoms. The number of thiophene rings is 1. The van der Waals surface area contributed by atoms with Crippen molar-refractivity contribution in [3.05, 3.63) is 74.4 Å². The Morgan fingerprint density at radius 1 is 1.18 bits per heavy atom. The van der Waals surface area contributed by atoms with Crippen LogP contribution in [0.15, 0.2) is 46.2 Å². The fourth-order valence-electron chi connectivity index (χ4n) is 3.55. The van der Waals surface area contributed by atoms with Gasteiger partial charge in [0.05, 0.1) is 48.6 Å². The molecule has 164 valence electrons. The van der Waals surface area contributed by atoms with E-state index in [0.29, 0.717) is 21.6 Å². The van der Waals surface area contributed by atoms with Crippen LogP contribution in [-0.2, 0) is 6.54 Å². The number of benzene rings is 1. The number of methoxy groups -OCH3 is 1. The zero-order valence-corrected chi connectivity index (χ0v) is 18.4. The van der Waals surface area contributed by atoms with Crippen LogP contribution in [0.2, 0.25) is 0 Å². The lowest BCUT2D eigenvalue weighted by Gasteiger charge is -2.11. The monoisotopic (exact) mass is 461 g/mol. The summed E-state index contributed by atoms with van der Waals surface area (Å²) in [6, 6.07) is 9.70. The van der Waals surface area contributed by atoms with E-state index < -0.39 is 17.1 Å². The summed E-state index contributed by atoms with van der Waals surface area (Å²) < 4.78 is 21.8. The van der Waals surface area contributed by atoms with Crippen molar-refractivity contribution in [2.45, 2.75) is 19.9 Å². The topological polar surface area (TPSA) is 114 Å². The number of aromatic nitrogens is 3. The van der Waals surface area contributed by atoms with E-state index in [1.54, 1.807) is 25.3 Å². The quantitative estimate of drug-likeness (QED) is 0.449. The number of pyridine rings is 1. The van der Waals surface area contributed by atoms with Gasteiger partial charge < -0.3 is 4.74 Å². The molecule has 0 aliphatic rings. The Balaban J connectivity index is 2.07. The first-order valence-corrected chi connectivity index (χ1v) is 10.6. The molecular weight excluding hydrogens is 445 g/mol. The zero-order valence-electron chi connectivity index (χ0n) is 17.6. The fraction of sp³-hybridized carbons (Fsp3) is 0.174. The summed E-state index contributed by atoms with van der Waals surface area (Å²) in [5.74, 6) is -0.731. The maximum Gasteiger partial charge on any atom is 0.336 e. The molecule has 0 saturated heterocycles. The maximum atomic E-state index is 14.1. The molecule has 0 amide bonds. The fourth-order valence-corrected chi connectivity index (χ4v) is 4.67. The Bertz CT molecular complexity index is 1600. The average Bonchev–Trinajstić information content (AvgIpc) is 3.24. The first kappa shape index (κ1) is 21.9. The number of nitrogens with zero attached hydrogens (tertiary/aromatic N) is 5. The van der Waals surface area contributed by atoms with Gasteiger partial charge in [0.1, 0.15) is 4.70 Å². The van der Waals surface area contributed by atoms with Crippen molar-refractivity contribution >= 4 is 21.6 Å².